The lowest BCUT2D eigenvalue weighted by Gasteiger charge is -2.11. The third-order valence-corrected chi connectivity index (χ3v) is 4.02. The molecule has 0 fully saturated rings. The van der Waals surface area contributed by atoms with Gasteiger partial charge in [-0.1, -0.05) is 35.9 Å². The monoisotopic (exact) mass is 405 g/mol. The Morgan fingerprint density at radius 3 is 2.48 bits per heavy atom. The van der Waals surface area contributed by atoms with Crippen molar-refractivity contribution in [3.8, 4) is 0 Å². The number of nitrogens with one attached hydrogen (secondary N) is 2. The van der Waals surface area contributed by atoms with Crippen molar-refractivity contribution in [3.05, 3.63) is 59.9 Å². The van der Waals surface area contributed by atoms with Crippen LogP contribution in [0.1, 0.15) is 0 Å². The average molecular weight is 406 g/mol. The van der Waals surface area contributed by atoms with Crippen molar-refractivity contribution in [1.29, 1.82) is 0 Å². The van der Waals surface area contributed by atoms with Gasteiger partial charge < -0.3 is 15.7 Å². The van der Waals surface area contributed by atoms with E-state index in [0.717, 1.165) is 35.2 Å². The second kappa shape index (κ2) is 10.8. The first-order valence-electron chi connectivity index (χ1n) is 8.38. The molecule has 3 rings (SSSR count). The number of pyridine rings is 1. The highest BCUT2D eigenvalue weighted by atomic mass is 35.5. The number of benzene rings is 2. The largest absolute Gasteiger partial charge is 0.395 e. The molecular weight excluding hydrogens is 385 g/mol. The number of hydrogen-bond acceptors (Lipinski definition) is 6. The van der Waals surface area contributed by atoms with Gasteiger partial charge in [0.2, 0.25) is 0 Å². The van der Waals surface area contributed by atoms with E-state index in [4.69, 9.17) is 16.7 Å². The Bertz CT molecular complexity index is 887. The number of aliphatic hydroxyl groups is 1. The maximum atomic E-state index is 8.79. The first-order valence-corrected chi connectivity index (χ1v) is 8.76. The van der Waals surface area contributed by atoms with Gasteiger partial charge in [0.25, 0.3) is 0 Å². The van der Waals surface area contributed by atoms with Gasteiger partial charge in [-0.2, -0.15) is 0 Å². The topological polar surface area (TPSA) is 81.9 Å². The number of aromatic nitrogens is 1. The Balaban J connectivity index is 0.00000261. The Morgan fingerprint density at radius 1 is 0.926 bits per heavy atom. The molecule has 142 valence electrons. The summed E-state index contributed by atoms with van der Waals surface area (Å²) in [4.78, 5) is 4.00. The van der Waals surface area contributed by atoms with Crippen molar-refractivity contribution < 1.29 is 5.11 Å². The highest BCUT2D eigenvalue weighted by Gasteiger charge is 2.05. The van der Waals surface area contributed by atoms with Crippen LogP contribution in [0, 0.1) is 0 Å². The Labute approximate surface area is 169 Å². The molecule has 0 bridgehead atoms. The maximum absolute atomic E-state index is 8.79. The summed E-state index contributed by atoms with van der Waals surface area (Å²) in [5.41, 5.74) is 2.48. The van der Waals surface area contributed by atoms with Gasteiger partial charge in [-0.05, 0) is 24.3 Å². The first-order chi connectivity index (χ1) is 12.8. The van der Waals surface area contributed by atoms with E-state index in [-0.39, 0.29) is 19.0 Å². The normalized spacial score (nSPS) is 10.9. The molecule has 1 heterocycles. The summed E-state index contributed by atoms with van der Waals surface area (Å²) in [6.45, 7) is 2.29. The van der Waals surface area contributed by atoms with E-state index < -0.39 is 0 Å². The molecule has 1 aromatic heterocycles. The van der Waals surface area contributed by atoms with Crippen LogP contribution in [0.15, 0.2) is 65.0 Å². The molecule has 3 aromatic rings. The van der Waals surface area contributed by atoms with Crippen LogP contribution in [0.25, 0.3) is 10.8 Å². The fourth-order valence-corrected chi connectivity index (χ4v) is 2.66. The van der Waals surface area contributed by atoms with E-state index in [0.29, 0.717) is 17.4 Å². The van der Waals surface area contributed by atoms with Gasteiger partial charge in [-0.3, -0.25) is 0 Å². The van der Waals surface area contributed by atoms with Crippen LogP contribution in [-0.2, 0) is 0 Å². The summed E-state index contributed by atoms with van der Waals surface area (Å²) in [6, 6.07) is 15.5. The summed E-state index contributed by atoms with van der Waals surface area (Å²) in [7, 11) is 0. The fourth-order valence-electron chi connectivity index (χ4n) is 2.55. The van der Waals surface area contributed by atoms with Crippen LogP contribution in [-0.4, -0.2) is 36.3 Å². The van der Waals surface area contributed by atoms with Crippen LogP contribution in [0.2, 0.25) is 5.15 Å². The van der Waals surface area contributed by atoms with Crippen molar-refractivity contribution in [2.24, 2.45) is 10.2 Å². The molecule has 0 aliphatic heterocycles. The Hall–Kier alpha value is -2.25. The maximum Gasteiger partial charge on any atom is 0.129 e. The van der Waals surface area contributed by atoms with Gasteiger partial charge in [0.15, 0.2) is 0 Å². The van der Waals surface area contributed by atoms with Gasteiger partial charge in [0.1, 0.15) is 10.8 Å². The quantitative estimate of drug-likeness (QED) is 0.287. The molecule has 0 aliphatic rings. The third kappa shape index (κ3) is 5.87. The van der Waals surface area contributed by atoms with E-state index in [1.54, 1.807) is 18.3 Å². The van der Waals surface area contributed by atoms with Crippen LogP contribution in [0.3, 0.4) is 0 Å². The number of azo groups is 1. The molecular formula is C19H21Cl2N5O. The lowest BCUT2D eigenvalue weighted by atomic mass is 10.1. The average Bonchev–Trinajstić information content (AvgIpc) is 2.68. The first kappa shape index (κ1) is 21.1. The number of fused-ring (bicyclic) bond motifs is 1. The number of anilines is 1. The van der Waals surface area contributed by atoms with E-state index in [1.165, 1.54) is 0 Å². The van der Waals surface area contributed by atoms with E-state index in [2.05, 4.69) is 31.9 Å². The standard InChI is InChI=1S/C19H20ClN5O.ClH/c20-19-8-5-14(13-23-19)24-25-18-7-6-17(22-10-9-21-11-12-26)15-3-1-2-4-16(15)18;/h1-8,13,21-22,26H,9-12H2;1H. The van der Waals surface area contributed by atoms with Crippen molar-refractivity contribution in [1.82, 2.24) is 10.3 Å². The van der Waals surface area contributed by atoms with Gasteiger partial charge >= 0.3 is 0 Å². The molecule has 0 aliphatic carbocycles. The highest BCUT2D eigenvalue weighted by molar-refractivity contribution is 6.29. The predicted molar refractivity (Wildman–Crippen MR) is 113 cm³/mol. The number of rotatable bonds is 8. The minimum Gasteiger partial charge on any atom is -0.395 e. The van der Waals surface area contributed by atoms with Crippen LogP contribution in [0.4, 0.5) is 17.1 Å². The zero-order valence-corrected chi connectivity index (χ0v) is 16.2. The second-order valence-corrected chi connectivity index (χ2v) is 6.00. The molecule has 0 unspecified atom stereocenters. The second-order valence-electron chi connectivity index (χ2n) is 5.62. The number of hydrogen-bond donors (Lipinski definition) is 3. The highest BCUT2D eigenvalue weighted by Crippen LogP contribution is 2.32. The zero-order valence-electron chi connectivity index (χ0n) is 14.6. The van der Waals surface area contributed by atoms with Crippen LogP contribution in [0.5, 0.6) is 0 Å². The lowest BCUT2D eigenvalue weighted by molar-refractivity contribution is 0.293. The van der Waals surface area contributed by atoms with Crippen LogP contribution < -0.4 is 10.6 Å². The number of halogens is 2. The van der Waals surface area contributed by atoms with E-state index in [1.807, 2.05) is 30.3 Å². The van der Waals surface area contributed by atoms with Crippen molar-refractivity contribution in [2.75, 3.05) is 31.6 Å². The minimum absolute atomic E-state index is 0. The third-order valence-electron chi connectivity index (χ3n) is 3.79. The molecule has 2 aromatic carbocycles. The van der Waals surface area contributed by atoms with Gasteiger partial charge in [-0.25, -0.2) is 4.98 Å². The van der Waals surface area contributed by atoms with Crippen molar-refractivity contribution in [2.45, 2.75) is 0 Å². The lowest BCUT2D eigenvalue weighted by Crippen LogP contribution is -2.24. The molecule has 3 N–H and O–H groups in total. The van der Waals surface area contributed by atoms with Gasteiger partial charge in [0, 0.05) is 36.1 Å². The SMILES string of the molecule is Cl.OCCNCCNc1ccc(N=Nc2ccc(Cl)nc2)c2ccccc12. The summed E-state index contributed by atoms with van der Waals surface area (Å²) in [5, 5.41) is 26.5. The molecule has 6 nitrogen and oxygen atoms in total. The van der Waals surface area contributed by atoms with E-state index in [9.17, 15) is 0 Å². The summed E-state index contributed by atoms with van der Waals surface area (Å²) in [6.07, 6.45) is 1.59. The van der Waals surface area contributed by atoms with E-state index >= 15 is 0 Å². The molecule has 0 saturated carbocycles. The molecule has 0 amide bonds. The summed E-state index contributed by atoms with van der Waals surface area (Å²) < 4.78 is 0. The number of nitrogens with zero attached hydrogens (tertiary/aromatic N) is 3. The molecule has 0 atom stereocenters. The summed E-state index contributed by atoms with van der Waals surface area (Å²) in [5.74, 6) is 0. The molecule has 0 spiro atoms. The summed E-state index contributed by atoms with van der Waals surface area (Å²) >= 11 is 5.79. The minimum atomic E-state index is 0. The van der Waals surface area contributed by atoms with Crippen molar-refractivity contribution in [3.63, 3.8) is 0 Å². The molecule has 0 saturated heterocycles. The molecule has 27 heavy (non-hydrogen) atoms. The Morgan fingerprint density at radius 2 is 1.74 bits per heavy atom. The molecule has 0 radical (unpaired) electrons. The van der Waals surface area contributed by atoms with Crippen LogP contribution >= 0.6 is 24.0 Å². The predicted octanol–water partition coefficient (Wildman–Crippen LogP) is 4.72. The molecule has 8 heteroatoms. The van der Waals surface area contributed by atoms with Gasteiger partial charge in [-0.15, -0.1) is 22.6 Å². The fraction of sp³-hybridized carbons (Fsp3) is 0.211. The Kier molecular flexibility index (Phi) is 8.42. The zero-order chi connectivity index (χ0) is 18.2. The smallest absolute Gasteiger partial charge is 0.129 e. The van der Waals surface area contributed by atoms with Crippen molar-refractivity contribution >= 4 is 51.8 Å². The number of aliphatic hydroxyl groups excluding tert-OH is 1. The van der Waals surface area contributed by atoms with Gasteiger partial charge in [0.05, 0.1) is 18.5 Å².